The van der Waals surface area contributed by atoms with Gasteiger partial charge in [-0.15, -0.1) is 11.3 Å². The van der Waals surface area contributed by atoms with Crippen LogP contribution in [-0.4, -0.2) is 32.3 Å². The van der Waals surface area contributed by atoms with Gasteiger partial charge in [0, 0.05) is 12.4 Å². The van der Waals surface area contributed by atoms with Gasteiger partial charge in [-0.25, -0.2) is 9.78 Å². The normalized spacial score (nSPS) is 10.7. The first kappa shape index (κ1) is 13.5. The van der Waals surface area contributed by atoms with Crippen molar-refractivity contribution in [2.45, 2.75) is 13.5 Å². The molecule has 21 heavy (non-hydrogen) atoms. The summed E-state index contributed by atoms with van der Waals surface area (Å²) in [5.74, 6) is 0.688. The summed E-state index contributed by atoms with van der Waals surface area (Å²) in [7, 11) is 0. The van der Waals surface area contributed by atoms with Gasteiger partial charge in [0.1, 0.15) is 6.54 Å². The van der Waals surface area contributed by atoms with E-state index in [9.17, 15) is 4.79 Å². The second kappa shape index (κ2) is 5.88. The molecule has 0 aliphatic rings. The van der Waals surface area contributed by atoms with Gasteiger partial charge in [-0.05, 0) is 18.4 Å². The second-order valence-corrected chi connectivity index (χ2v) is 5.04. The zero-order chi connectivity index (χ0) is 14.7. The Hall–Kier alpha value is -2.48. The second-order valence-electron chi connectivity index (χ2n) is 4.09. The number of hydrogen-bond donors (Lipinski definition) is 0. The van der Waals surface area contributed by atoms with Crippen LogP contribution < -0.4 is 0 Å². The molecular weight excluding hydrogens is 292 g/mol. The maximum atomic E-state index is 11.7. The van der Waals surface area contributed by atoms with Gasteiger partial charge in [0.05, 0.1) is 11.5 Å². The molecular formula is C13H12N4O3S. The van der Waals surface area contributed by atoms with Crippen molar-refractivity contribution in [3.05, 3.63) is 41.6 Å². The topological polar surface area (TPSA) is 83.0 Å². The molecule has 0 unspecified atom stereocenters. The lowest BCUT2D eigenvalue weighted by atomic mass is 10.4. The highest BCUT2D eigenvalue weighted by molar-refractivity contribution is 7.13. The van der Waals surface area contributed by atoms with E-state index in [1.54, 1.807) is 17.7 Å². The zero-order valence-electron chi connectivity index (χ0n) is 11.2. The maximum Gasteiger partial charge on any atom is 0.374 e. The van der Waals surface area contributed by atoms with E-state index in [-0.39, 0.29) is 12.4 Å². The molecule has 3 aromatic rings. The average molecular weight is 304 g/mol. The highest BCUT2D eigenvalue weighted by Crippen LogP contribution is 2.21. The molecule has 0 atom stereocenters. The lowest BCUT2D eigenvalue weighted by Crippen LogP contribution is -2.13. The van der Waals surface area contributed by atoms with Crippen LogP contribution in [0.25, 0.3) is 10.7 Å². The molecule has 0 bridgehead atoms. The molecule has 0 aliphatic heterocycles. The van der Waals surface area contributed by atoms with E-state index in [4.69, 9.17) is 9.26 Å². The molecule has 0 saturated heterocycles. The first-order valence-electron chi connectivity index (χ1n) is 6.32. The molecule has 3 aromatic heterocycles. The van der Waals surface area contributed by atoms with Crippen molar-refractivity contribution >= 4 is 17.3 Å². The van der Waals surface area contributed by atoms with E-state index in [2.05, 4.69) is 15.1 Å². The summed E-state index contributed by atoms with van der Waals surface area (Å²) in [5.41, 5.74) is 0. The fraction of sp³-hybridized carbons (Fsp3) is 0.231. The van der Waals surface area contributed by atoms with Crippen molar-refractivity contribution in [3.63, 3.8) is 0 Å². The Morgan fingerprint density at radius 1 is 1.52 bits per heavy atom. The Morgan fingerprint density at radius 3 is 3.19 bits per heavy atom. The number of esters is 1. The largest absolute Gasteiger partial charge is 0.460 e. The molecule has 0 spiro atoms. The number of carbonyl (C=O) groups excluding carboxylic acids is 1. The summed E-state index contributed by atoms with van der Waals surface area (Å²) in [6.07, 6.45) is 3.20. The van der Waals surface area contributed by atoms with Crippen LogP contribution in [0.5, 0.6) is 0 Å². The van der Waals surface area contributed by atoms with Gasteiger partial charge >= 0.3 is 5.97 Å². The lowest BCUT2D eigenvalue weighted by Gasteiger charge is -2.03. The summed E-state index contributed by atoms with van der Waals surface area (Å²) in [6, 6.07) is 3.84. The molecule has 8 heteroatoms. The molecule has 3 rings (SSSR count). The van der Waals surface area contributed by atoms with Crippen LogP contribution in [0.15, 0.2) is 34.4 Å². The van der Waals surface area contributed by atoms with Crippen LogP contribution in [0.1, 0.15) is 23.4 Å². The SMILES string of the molecule is CCOC(=O)c1nccn1Cc1nc(-c2cccs2)no1. The van der Waals surface area contributed by atoms with Gasteiger partial charge < -0.3 is 13.8 Å². The van der Waals surface area contributed by atoms with Crippen molar-refractivity contribution in [3.8, 4) is 10.7 Å². The number of ether oxygens (including phenoxy) is 1. The van der Waals surface area contributed by atoms with E-state index in [1.807, 2.05) is 17.5 Å². The molecule has 7 nitrogen and oxygen atoms in total. The quantitative estimate of drug-likeness (QED) is 0.672. The monoisotopic (exact) mass is 304 g/mol. The van der Waals surface area contributed by atoms with Gasteiger partial charge in [0.25, 0.3) is 0 Å². The minimum Gasteiger partial charge on any atom is -0.460 e. The molecule has 0 aromatic carbocycles. The van der Waals surface area contributed by atoms with Crippen LogP contribution in [-0.2, 0) is 11.3 Å². The standard InChI is InChI=1S/C13H12N4O3S/c1-2-19-13(18)12-14-5-6-17(12)8-10-15-11(16-20-10)9-4-3-7-21-9/h3-7H,2,8H2,1H3. The summed E-state index contributed by atoms with van der Waals surface area (Å²) < 4.78 is 11.8. The maximum absolute atomic E-state index is 11.7. The summed E-state index contributed by atoms with van der Waals surface area (Å²) >= 11 is 1.53. The summed E-state index contributed by atoms with van der Waals surface area (Å²) in [5, 5.41) is 5.87. The predicted octanol–water partition coefficient (Wildman–Crippen LogP) is 2.22. The third-order valence-corrected chi connectivity index (χ3v) is 3.55. The summed E-state index contributed by atoms with van der Waals surface area (Å²) in [4.78, 5) is 21.0. The van der Waals surface area contributed by atoms with Crippen LogP contribution in [0.3, 0.4) is 0 Å². The minimum absolute atomic E-state index is 0.215. The number of imidazole rings is 1. The lowest BCUT2D eigenvalue weighted by molar-refractivity contribution is 0.0506. The van der Waals surface area contributed by atoms with Crippen molar-refractivity contribution in [2.75, 3.05) is 6.61 Å². The molecule has 108 valence electrons. The van der Waals surface area contributed by atoms with Crippen molar-refractivity contribution < 1.29 is 14.1 Å². The number of carbonyl (C=O) groups is 1. The Kier molecular flexibility index (Phi) is 3.78. The van der Waals surface area contributed by atoms with E-state index >= 15 is 0 Å². The van der Waals surface area contributed by atoms with Gasteiger partial charge in [-0.2, -0.15) is 4.98 Å². The van der Waals surface area contributed by atoms with Crippen LogP contribution in [0.4, 0.5) is 0 Å². The molecule has 0 saturated carbocycles. The molecule has 0 aliphatic carbocycles. The highest BCUT2D eigenvalue weighted by atomic mass is 32.1. The molecule has 3 heterocycles. The van der Waals surface area contributed by atoms with Crippen molar-refractivity contribution in [1.29, 1.82) is 0 Å². The number of thiophene rings is 1. The van der Waals surface area contributed by atoms with Crippen LogP contribution in [0.2, 0.25) is 0 Å². The molecule has 0 radical (unpaired) electrons. The van der Waals surface area contributed by atoms with Crippen molar-refractivity contribution in [2.24, 2.45) is 0 Å². The molecule has 0 amide bonds. The fourth-order valence-electron chi connectivity index (χ4n) is 1.79. The Bertz CT molecular complexity index is 732. The predicted molar refractivity (Wildman–Crippen MR) is 74.9 cm³/mol. The van der Waals surface area contributed by atoms with E-state index < -0.39 is 5.97 Å². The molecule has 0 N–H and O–H groups in total. The number of nitrogens with zero attached hydrogens (tertiary/aromatic N) is 4. The number of rotatable bonds is 5. The Morgan fingerprint density at radius 2 is 2.43 bits per heavy atom. The van der Waals surface area contributed by atoms with Gasteiger partial charge in [0.2, 0.25) is 17.5 Å². The number of hydrogen-bond acceptors (Lipinski definition) is 7. The highest BCUT2D eigenvalue weighted by Gasteiger charge is 2.16. The third kappa shape index (κ3) is 2.84. The molecule has 0 fully saturated rings. The van der Waals surface area contributed by atoms with Gasteiger partial charge in [-0.1, -0.05) is 11.2 Å². The Labute approximate surface area is 124 Å². The van der Waals surface area contributed by atoms with Crippen LogP contribution in [0, 0.1) is 0 Å². The Balaban J connectivity index is 1.79. The summed E-state index contributed by atoms with van der Waals surface area (Å²) in [6.45, 7) is 2.32. The van der Waals surface area contributed by atoms with Gasteiger partial charge in [-0.3, -0.25) is 0 Å². The van der Waals surface area contributed by atoms with E-state index in [0.717, 1.165) is 4.88 Å². The van der Waals surface area contributed by atoms with Gasteiger partial charge in [0.15, 0.2) is 0 Å². The smallest absolute Gasteiger partial charge is 0.374 e. The van der Waals surface area contributed by atoms with E-state index in [0.29, 0.717) is 18.3 Å². The first-order valence-corrected chi connectivity index (χ1v) is 7.20. The zero-order valence-corrected chi connectivity index (χ0v) is 12.0. The average Bonchev–Trinajstić information content (AvgIpc) is 3.20. The fourth-order valence-corrected chi connectivity index (χ4v) is 2.44. The minimum atomic E-state index is -0.472. The first-order chi connectivity index (χ1) is 10.3. The number of aromatic nitrogens is 4. The van der Waals surface area contributed by atoms with Crippen molar-refractivity contribution in [1.82, 2.24) is 19.7 Å². The van der Waals surface area contributed by atoms with Crippen LogP contribution >= 0.6 is 11.3 Å². The third-order valence-electron chi connectivity index (χ3n) is 2.69. The van der Waals surface area contributed by atoms with E-state index in [1.165, 1.54) is 17.5 Å².